The van der Waals surface area contributed by atoms with Crippen LogP contribution in [0.3, 0.4) is 0 Å². The molecule has 0 aliphatic carbocycles. The van der Waals surface area contributed by atoms with Crippen LogP contribution in [0.15, 0.2) is 42.7 Å². The highest BCUT2D eigenvalue weighted by Gasteiger charge is 2.11. The molecule has 2 amide bonds. The van der Waals surface area contributed by atoms with Crippen LogP contribution < -0.4 is 25.4 Å². The lowest BCUT2D eigenvalue weighted by atomic mass is 10.2. The molecule has 3 rings (SSSR count). The predicted molar refractivity (Wildman–Crippen MR) is 110 cm³/mol. The van der Waals surface area contributed by atoms with Gasteiger partial charge in [-0.1, -0.05) is 6.92 Å². The number of rotatable bonds is 7. The summed E-state index contributed by atoms with van der Waals surface area (Å²) in [5.74, 6) is 1.86. The zero-order valence-electron chi connectivity index (χ0n) is 16.1. The number of ether oxygens (including phenoxy) is 2. The van der Waals surface area contributed by atoms with Crippen molar-refractivity contribution in [2.24, 2.45) is 0 Å². The molecule has 0 saturated heterocycles. The molecule has 146 valence electrons. The summed E-state index contributed by atoms with van der Waals surface area (Å²) in [5.41, 5.74) is 2.27. The number of hydrogen-bond donors (Lipinski definition) is 3. The number of urea groups is 1. The third-order valence-corrected chi connectivity index (χ3v) is 4.08. The lowest BCUT2D eigenvalue weighted by molar-refractivity contribution is 0.252. The second kappa shape index (κ2) is 8.90. The van der Waals surface area contributed by atoms with Gasteiger partial charge in [0, 0.05) is 29.4 Å². The molecule has 3 aromatic rings. The second-order valence-electron chi connectivity index (χ2n) is 6.03. The van der Waals surface area contributed by atoms with Crippen LogP contribution in [-0.4, -0.2) is 36.8 Å². The van der Waals surface area contributed by atoms with Gasteiger partial charge < -0.3 is 25.4 Å². The maximum Gasteiger partial charge on any atom is 0.319 e. The quantitative estimate of drug-likeness (QED) is 0.574. The van der Waals surface area contributed by atoms with Gasteiger partial charge in [-0.2, -0.15) is 0 Å². The minimum Gasteiger partial charge on any atom is -0.493 e. The number of amides is 2. The molecular weight excluding hydrogens is 358 g/mol. The van der Waals surface area contributed by atoms with E-state index in [0.29, 0.717) is 29.5 Å². The Morgan fingerprint density at radius 3 is 2.36 bits per heavy atom. The van der Waals surface area contributed by atoms with Crippen LogP contribution in [0.2, 0.25) is 0 Å². The number of benzene rings is 2. The molecule has 2 aromatic carbocycles. The molecule has 28 heavy (non-hydrogen) atoms. The Hall–Kier alpha value is -3.55. The molecule has 0 bridgehead atoms. The van der Waals surface area contributed by atoms with Gasteiger partial charge in [0.2, 0.25) is 0 Å². The smallest absolute Gasteiger partial charge is 0.319 e. The van der Waals surface area contributed by atoms with Gasteiger partial charge in [0.25, 0.3) is 0 Å². The molecule has 0 spiro atoms. The van der Waals surface area contributed by atoms with E-state index in [1.54, 1.807) is 14.2 Å². The zero-order chi connectivity index (χ0) is 19.9. The van der Waals surface area contributed by atoms with Crippen molar-refractivity contribution in [1.29, 1.82) is 0 Å². The number of hydrogen-bond acceptors (Lipinski definition) is 6. The van der Waals surface area contributed by atoms with Gasteiger partial charge in [0.05, 0.1) is 19.7 Å². The summed E-state index contributed by atoms with van der Waals surface area (Å²) in [6.07, 6.45) is 2.38. The summed E-state index contributed by atoms with van der Waals surface area (Å²) < 4.78 is 10.7. The summed E-state index contributed by atoms with van der Waals surface area (Å²) in [6.45, 7) is 2.64. The topological polar surface area (TPSA) is 97.4 Å². The molecule has 0 atom stereocenters. The number of aromatic nitrogens is 2. The first-order valence-electron chi connectivity index (χ1n) is 8.93. The van der Waals surface area contributed by atoms with Gasteiger partial charge in [0.15, 0.2) is 11.5 Å². The first-order chi connectivity index (χ1) is 13.6. The van der Waals surface area contributed by atoms with Crippen molar-refractivity contribution in [2.45, 2.75) is 13.3 Å². The van der Waals surface area contributed by atoms with Crippen molar-refractivity contribution in [2.75, 3.05) is 31.4 Å². The lowest BCUT2D eigenvalue weighted by Crippen LogP contribution is -2.29. The van der Waals surface area contributed by atoms with Gasteiger partial charge in [0.1, 0.15) is 12.1 Å². The first-order valence-corrected chi connectivity index (χ1v) is 8.93. The fourth-order valence-electron chi connectivity index (χ4n) is 2.67. The number of nitrogens with zero attached hydrogens (tertiary/aromatic N) is 2. The number of nitrogens with one attached hydrogen (secondary N) is 3. The number of fused-ring (bicyclic) bond motifs is 1. The first kappa shape index (κ1) is 19.2. The predicted octanol–water partition coefficient (Wildman–Crippen LogP) is 3.92. The Kier molecular flexibility index (Phi) is 6.11. The number of methoxy groups -OCH3 is 2. The van der Waals surface area contributed by atoms with E-state index in [0.717, 1.165) is 23.0 Å². The van der Waals surface area contributed by atoms with Crippen molar-refractivity contribution in [3.63, 3.8) is 0 Å². The van der Waals surface area contributed by atoms with Gasteiger partial charge in [-0.25, -0.2) is 14.8 Å². The third kappa shape index (κ3) is 4.40. The molecule has 0 radical (unpaired) electrons. The van der Waals surface area contributed by atoms with E-state index in [9.17, 15) is 4.79 Å². The highest BCUT2D eigenvalue weighted by Crippen LogP contribution is 2.34. The minimum atomic E-state index is -0.217. The van der Waals surface area contributed by atoms with Crippen LogP contribution in [0.4, 0.5) is 22.0 Å². The molecule has 0 aliphatic heterocycles. The van der Waals surface area contributed by atoms with E-state index < -0.39 is 0 Å². The Labute approximate surface area is 163 Å². The van der Waals surface area contributed by atoms with Gasteiger partial charge >= 0.3 is 6.03 Å². The van der Waals surface area contributed by atoms with Crippen molar-refractivity contribution in [3.05, 3.63) is 42.7 Å². The highest BCUT2D eigenvalue weighted by atomic mass is 16.5. The van der Waals surface area contributed by atoms with Gasteiger partial charge in [-0.15, -0.1) is 0 Å². The van der Waals surface area contributed by atoms with Gasteiger partial charge in [-0.3, -0.25) is 0 Å². The Bertz CT molecular complexity index is 960. The maximum atomic E-state index is 11.7. The normalized spacial score (nSPS) is 10.4. The summed E-state index contributed by atoms with van der Waals surface area (Å²) >= 11 is 0. The Balaban J connectivity index is 1.80. The van der Waals surface area contributed by atoms with Crippen LogP contribution >= 0.6 is 0 Å². The maximum absolute atomic E-state index is 11.7. The average molecular weight is 381 g/mol. The number of carbonyl (C=O) groups is 1. The second-order valence-corrected chi connectivity index (χ2v) is 6.03. The van der Waals surface area contributed by atoms with E-state index >= 15 is 0 Å². The molecule has 1 aromatic heterocycles. The highest BCUT2D eigenvalue weighted by molar-refractivity contribution is 5.93. The molecule has 8 nitrogen and oxygen atoms in total. The average Bonchev–Trinajstić information content (AvgIpc) is 2.72. The summed E-state index contributed by atoms with van der Waals surface area (Å²) in [4.78, 5) is 20.4. The Morgan fingerprint density at radius 1 is 1.00 bits per heavy atom. The van der Waals surface area contributed by atoms with Crippen LogP contribution in [0.5, 0.6) is 11.5 Å². The molecule has 1 heterocycles. The summed E-state index contributed by atoms with van der Waals surface area (Å²) in [5, 5.41) is 9.64. The fourth-order valence-corrected chi connectivity index (χ4v) is 2.67. The standard InChI is InChI=1S/C20H23N5O3/c1-4-9-21-20(26)25-14-7-5-13(6-8-14)24-19-15-10-17(27-2)18(28-3)11-16(15)22-12-23-19/h5-8,10-12H,4,9H2,1-3H3,(H2,21,25,26)(H,22,23,24). The third-order valence-electron chi connectivity index (χ3n) is 4.08. The van der Waals surface area contributed by atoms with E-state index in [-0.39, 0.29) is 6.03 Å². The van der Waals surface area contributed by atoms with Crippen molar-refractivity contribution >= 4 is 34.1 Å². The summed E-state index contributed by atoms with van der Waals surface area (Å²) in [6, 6.07) is 10.8. The van der Waals surface area contributed by atoms with Crippen molar-refractivity contribution in [3.8, 4) is 11.5 Å². The Morgan fingerprint density at radius 2 is 1.68 bits per heavy atom. The van der Waals surface area contributed by atoms with E-state index in [1.807, 2.05) is 43.3 Å². The molecule has 0 saturated carbocycles. The summed E-state index contributed by atoms with van der Waals surface area (Å²) in [7, 11) is 3.17. The molecule has 0 unspecified atom stereocenters. The van der Waals surface area contributed by atoms with E-state index in [1.165, 1.54) is 6.33 Å². The lowest BCUT2D eigenvalue weighted by Gasteiger charge is -2.12. The van der Waals surface area contributed by atoms with E-state index in [4.69, 9.17) is 9.47 Å². The van der Waals surface area contributed by atoms with Crippen LogP contribution in [0.1, 0.15) is 13.3 Å². The molecule has 0 fully saturated rings. The molecular formula is C20H23N5O3. The molecule has 8 heteroatoms. The van der Waals surface area contributed by atoms with Crippen LogP contribution in [-0.2, 0) is 0 Å². The molecule has 0 aliphatic rings. The SMILES string of the molecule is CCCNC(=O)Nc1ccc(Nc2ncnc3cc(OC)c(OC)cc23)cc1. The fraction of sp³-hybridized carbons (Fsp3) is 0.250. The van der Waals surface area contributed by atoms with Crippen molar-refractivity contribution in [1.82, 2.24) is 15.3 Å². The van der Waals surface area contributed by atoms with E-state index in [2.05, 4.69) is 25.9 Å². The largest absolute Gasteiger partial charge is 0.493 e. The molecule has 3 N–H and O–H groups in total. The van der Waals surface area contributed by atoms with Crippen LogP contribution in [0, 0.1) is 0 Å². The monoisotopic (exact) mass is 381 g/mol. The number of anilines is 3. The van der Waals surface area contributed by atoms with Crippen LogP contribution in [0.25, 0.3) is 10.9 Å². The van der Waals surface area contributed by atoms with Crippen molar-refractivity contribution < 1.29 is 14.3 Å². The number of carbonyl (C=O) groups excluding carboxylic acids is 1. The minimum absolute atomic E-state index is 0.217. The zero-order valence-corrected chi connectivity index (χ0v) is 16.1. The van der Waals surface area contributed by atoms with Gasteiger partial charge in [-0.05, 0) is 36.8 Å².